The third kappa shape index (κ3) is 3.49. The monoisotopic (exact) mass is 304 g/mol. The molecule has 1 fully saturated rings. The zero-order valence-corrected chi connectivity index (χ0v) is 14.1. The van der Waals surface area contributed by atoms with Crippen LogP contribution in [0.1, 0.15) is 52.0 Å². The van der Waals surface area contributed by atoms with Crippen LogP contribution in [0.2, 0.25) is 0 Å². The van der Waals surface area contributed by atoms with Crippen LogP contribution in [0.4, 0.5) is 0 Å². The lowest BCUT2D eigenvalue weighted by Gasteiger charge is -2.43. The van der Waals surface area contributed by atoms with Crippen LogP contribution in [-0.2, 0) is 10.2 Å². The van der Waals surface area contributed by atoms with E-state index >= 15 is 0 Å². The first-order valence-corrected chi connectivity index (χ1v) is 8.20. The molecule has 1 atom stereocenters. The van der Waals surface area contributed by atoms with Gasteiger partial charge in [0.25, 0.3) is 0 Å². The molecule has 4 nitrogen and oxygen atoms in total. The van der Waals surface area contributed by atoms with Crippen molar-refractivity contribution >= 4 is 5.97 Å². The Labute approximate surface area is 133 Å². The summed E-state index contributed by atoms with van der Waals surface area (Å²) in [5, 5.41) is 9.48. The zero-order valence-electron chi connectivity index (χ0n) is 14.1. The van der Waals surface area contributed by atoms with Gasteiger partial charge in [0.05, 0.1) is 0 Å². The molecule has 1 aliphatic rings. The Morgan fingerprint density at radius 1 is 1.41 bits per heavy atom. The van der Waals surface area contributed by atoms with E-state index in [1.54, 1.807) is 0 Å². The van der Waals surface area contributed by atoms with Crippen molar-refractivity contribution in [1.82, 2.24) is 9.88 Å². The standard InChI is InChI=1S/C18H28N2O2/c1-13(2)16(17(21)22)20(4)15-7-9-18(3,10-8-15)14-6-5-11-19-12-14/h5-6,11-13,15-16H,7-10H2,1-4H3,(H,21,22)/t15?,16-,18?/m0/s1. The average molecular weight is 304 g/mol. The number of aliphatic carboxylic acids is 1. The van der Waals surface area contributed by atoms with Gasteiger partial charge >= 0.3 is 5.97 Å². The van der Waals surface area contributed by atoms with Gasteiger partial charge in [-0.25, -0.2) is 0 Å². The van der Waals surface area contributed by atoms with E-state index in [2.05, 4.69) is 22.9 Å². The number of aromatic nitrogens is 1. The van der Waals surface area contributed by atoms with Crippen LogP contribution < -0.4 is 0 Å². The summed E-state index contributed by atoms with van der Waals surface area (Å²) in [5.74, 6) is -0.591. The second-order valence-electron chi connectivity index (χ2n) is 7.23. The van der Waals surface area contributed by atoms with Crippen molar-refractivity contribution in [2.75, 3.05) is 7.05 Å². The fraction of sp³-hybridized carbons (Fsp3) is 0.667. The predicted molar refractivity (Wildman–Crippen MR) is 87.9 cm³/mol. The number of carboxylic acid groups (broad SMARTS) is 1. The van der Waals surface area contributed by atoms with Gasteiger partial charge in [-0.05, 0) is 55.7 Å². The van der Waals surface area contributed by atoms with E-state index in [9.17, 15) is 9.90 Å². The maximum atomic E-state index is 11.5. The summed E-state index contributed by atoms with van der Waals surface area (Å²) in [6, 6.07) is 4.12. The van der Waals surface area contributed by atoms with Gasteiger partial charge in [-0.2, -0.15) is 0 Å². The molecule has 1 saturated carbocycles. The van der Waals surface area contributed by atoms with E-state index in [1.165, 1.54) is 5.56 Å². The Hall–Kier alpha value is -1.42. The molecule has 1 aliphatic carbocycles. The molecule has 122 valence electrons. The first-order valence-electron chi connectivity index (χ1n) is 8.20. The van der Waals surface area contributed by atoms with Crippen LogP contribution in [-0.4, -0.2) is 40.1 Å². The van der Waals surface area contributed by atoms with E-state index in [1.807, 2.05) is 39.4 Å². The normalized spacial score (nSPS) is 27.1. The lowest BCUT2D eigenvalue weighted by Crippen LogP contribution is -2.50. The first kappa shape index (κ1) is 16.9. The van der Waals surface area contributed by atoms with Crippen molar-refractivity contribution in [2.24, 2.45) is 5.92 Å². The Bertz CT molecular complexity index is 493. The molecule has 0 spiro atoms. The minimum absolute atomic E-state index is 0.120. The van der Waals surface area contributed by atoms with Crippen LogP contribution >= 0.6 is 0 Å². The summed E-state index contributed by atoms with van der Waals surface area (Å²) in [6.45, 7) is 6.27. The van der Waals surface area contributed by atoms with Crippen molar-refractivity contribution in [3.63, 3.8) is 0 Å². The van der Waals surface area contributed by atoms with Crippen LogP contribution in [0, 0.1) is 5.92 Å². The number of hydrogen-bond acceptors (Lipinski definition) is 3. The molecule has 0 aliphatic heterocycles. The van der Waals surface area contributed by atoms with Gasteiger partial charge in [-0.1, -0.05) is 26.8 Å². The molecular formula is C18H28N2O2. The largest absolute Gasteiger partial charge is 0.480 e. The molecule has 1 aromatic heterocycles. The smallest absolute Gasteiger partial charge is 0.321 e. The molecule has 1 N–H and O–H groups in total. The van der Waals surface area contributed by atoms with E-state index in [-0.39, 0.29) is 11.3 Å². The van der Waals surface area contributed by atoms with Gasteiger partial charge in [0.1, 0.15) is 6.04 Å². The average Bonchev–Trinajstić information content (AvgIpc) is 2.48. The Morgan fingerprint density at radius 2 is 2.05 bits per heavy atom. The molecule has 22 heavy (non-hydrogen) atoms. The highest BCUT2D eigenvalue weighted by Crippen LogP contribution is 2.40. The summed E-state index contributed by atoms with van der Waals surface area (Å²) in [6.07, 6.45) is 8.03. The number of rotatable bonds is 5. The second-order valence-corrected chi connectivity index (χ2v) is 7.23. The molecule has 0 bridgehead atoms. The van der Waals surface area contributed by atoms with Crippen molar-refractivity contribution in [3.8, 4) is 0 Å². The van der Waals surface area contributed by atoms with Crippen LogP contribution in [0.15, 0.2) is 24.5 Å². The Kier molecular flexibility index (Phi) is 5.22. The zero-order chi connectivity index (χ0) is 16.3. The number of hydrogen-bond donors (Lipinski definition) is 1. The molecule has 1 aromatic rings. The Morgan fingerprint density at radius 3 is 2.50 bits per heavy atom. The molecule has 0 aromatic carbocycles. The fourth-order valence-corrected chi connectivity index (χ4v) is 3.81. The molecule has 4 heteroatoms. The number of carbonyl (C=O) groups is 1. The maximum absolute atomic E-state index is 11.5. The van der Waals surface area contributed by atoms with E-state index < -0.39 is 12.0 Å². The van der Waals surface area contributed by atoms with Crippen molar-refractivity contribution < 1.29 is 9.90 Å². The quantitative estimate of drug-likeness (QED) is 0.906. The van der Waals surface area contributed by atoms with Gasteiger partial charge in [0.15, 0.2) is 0 Å². The van der Waals surface area contributed by atoms with E-state index in [4.69, 9.17) is 0 Å². The Balaban J connectivity index is 2.04. The van der Waals surface area contributed by atoms with Gasteiger partial charge < -0.3 is 5.11 Å². The highest BCUT2D eigenvalue weighted by atomic mass is 16.4. The summed E-state index contributed by atoms with van der Waals surface area (Å²) in [5.41, 5.74) is 1.47. The second kappa shape index (κ2) is 6.78. The number of pyridine rings is 1. The van der Waals surface area contributed by atoms with E-state index in [0.29, 0.717) is 6.04 Å². The van der Waals surface area contributed by atoms with Gasteiger partial charge in [0.2, 0.25) is 0 Å². The number of nitrogens with zero attached hydrogens (tertiary/aromatic N) is 2. The molecule has 0 radical (unpaired) electrons. The van der Waals surface area contributed by atoms with Gasteiger partial charge in [-0.15, -0.1) is 0 Å². The van der Waals surface area contributed by atoms with Crippen LogP contribution in [0.3, 0.4) is 0 Å². The van der Waals surface area contributed by atoms with Crippen LogP contribution in [0.5, 0.6) is 0 Å². The first-order chi connectivity index (χ1) is 10.3. The highest BCUT2D eigenvalue weighted by Gasteiger charge is 2.37. The van der Waals surface area contributed by atoms with Crippen molar-refractivity contribution in [2.45, 2.75) is 64.0 Å². The molecule has 2 rings (SSSR count). The van der Waals surface area contributed by atoms with Crippen molar-refractivity contribution in [3.05, 3.63) is 30.1 Å². The minimum atomic E-state index is -0.710. The van der Waals surface area contributed by atoms with Crippen molar-refractivity contribution in [1.29, 1.82) is 0 Å². The minimum Gasteiger partial charge on any atom is -0.480 e. The maximum Gasteiger partial charge on any atom is 0.321 e. The molecule has 0 saturated heterocycles. The predicted octanol–water partition coefficient (Wildman–Crippen LogP) is 3.32. The lowest BCUT2D eigenvalue weighted by atomic mass is 9.69. The van der Waals surface area contributed by atoms with Gasteiger partial charge in [0, 0.05) is 18.4 Å². The number of likely N-dealkylation sites (N-methyl/N-ethyl adjacent to an activating group) is 1. The third-order valence-electron chi connectivity index (χ3n) is 5.32. The summed E-state index contributed by atoms with van der Waals surface area (Å²) in [4.78, 5) is 17.8. The molecule has 0 amide bonds. The summed E-state index contributed by atoms with van der Waals surface area (Å²) in [7, 11) is 1.97. The number of carboxylic acids is 1. The van der Waals surface area contributed by atoms with Crippen LogP contribution in [0.25, 0.3) is 0 Å². The SMILES string of the molecule is CC(C)[C@@H](C(=O)O)N(C)C1CCC(C)(c2cccnc2)CC1. The topological polar surface area (TPSA) is 53.4 Å². The van der Waals surface area contributed by atoms with E-state index in [0.717, 1.165) is 25.7 Å². The molecular weight excluding hydrogens is 276 g/mol. The summed E-state index contributed by atoms with van der Waals surface area (Å²) >= 11 is 0. The third-order valence-corrected chi connectivity index (χ3v) is 5.32. The fourth-order valence-electron chi connectivity index (χ4n) is 3.81. The highest BCUT2D eigenvalue weighted by molar-refractivity contribution is 5.73. The molecule has 0 unspecified atom stereocenters. The lowest BCUT2D eigenvalue weighted by molar-refractivity contribution is -0.145. The van der Waals surface area contributed by atoms with Gasteiger partial charge in [-0.3, -0.25) is 14.7 Å². The molecule has 1 heterocycles. The summed E-state index contributed by atoms with van der Waals surface area (Å²) < 4.78 is 0.